The van der Waals surface area contributed by atoms with Crippen LogP contribution in [0.4, 0.5) is 4.39 Å². The quantitative estimate of drug-likeness (QED) is 0.747. The molecule has 11 heavy (non-hydrogen) atoms. The van der Waals surface area contributed by atoms with Gasteiger partial charge in [-0.25, -0.2) is 4.39 Å². The number of halogens is 3. The van der Waals surface area contributed by atoms with Crippen LogP contribution in [0.2, 0.25) is 5.02 Å². The largest absolute Gasteiger partial charge is 0.392 e. The maximum absolute atomic E-state index is 12.8. The maximum Gasteiger partial charge on any atom is 0.129 e. The number of hydrogen-bond acceptors (Lipinski definition) is 1. The molecular formula is C7H5BrClFO. The zero-order chi connectivity index (χ0) is 8.43. The summed E-state index contributed by atoms with van der Waals surface area (Å²) in [6.07, 6.45) is 0. The van der Waals surface area contributed by atoms with Gasteiger partial charge in [0, 0.05) is 10.0 Å². The molecule has 0 aromatic heterocycles. The smallest absolute Gasteiger partial charge is 0.129 e. The second-order valence-electron chi connectivity index (χ2n) is 1.98. The van der Waals surface area contributed by atoms with Gasteiger partial charge in [0.2, 0.25) is 0 Å². The van der Waals surface area contributed by atoms with Crippen LogP contribution in [0.3, 0.4) is 0 Å². The molecule has 1 nitrogen and oxygen atoms in total. The molecule has 0 heterocycles. The van der Waals surface area contributed by atoms with E-state index in [-0.39, 0.29) is 12.2 Å². The van der Waals surface area contributed by atoms with E-state index in [1.807, 2.05) is 0 Å². The van der Waals surface area contributed by atoms with Gasteiger partial charge in [0.1, 0.15) is 5.82 Å². The van der Waals surface area contributed by atoms with Crippen molar-refractivity contribution in [2.75, 3.05) is 0 Å². The van der Waals surface area contributed by atoms with E-state index in [0.717, 1.165) is 0 Å². The summed E-state index contributed by atoms with van der Waals surface area (Å²) in [5, 5.41) is 9.09. The Labute approximate surface area is 76.9 Å². The Morgan fingerprint density at radius 3 is 2.64 bits per heavy atom. The average Bonchev–Trinajstić information content (AvgIpc) is 1.99. The summed E-state index contributed by atoms with van der Waals surface area (Å²) in [6.45, 7) is -0.354. The summed E-state index contributed by atoms with van der Waals surface area (Å²) in [5.74, 6) is -0.455. The lowest BCUT2D eigenvalue weighted by molar-refractivity contribution is 0.275. The number of hydrogen-bond donors (Lipinski definition) is 1. The number of aliphatic hydroxyl groups is 1. The first-order valence-electron chi connectivity index (χ1n) is 2.90. The lowest BCUT2D eigenvalue weighted by Gasteiger charge is -2.02. The Balaban J connectivity index is 3.29. The molecule has 0 saturated heterocycles. The fraction of sp³-hybridized carbons (Fsp3) is 0.143. The van der Waals surface area contributed by atoms with E-state index in [2.05, 4.69) is 15.9 Å². The van der Waals surface area contributed by atoms with Gasteiger partial charge in [0.05, 0.1) is 11.6 Å². The molecule has 0 saturated carbocycles. The van der Waals surface area contributed by atoms with Gasteiger partial charge in [0.15, 0.2) is 0 Å². The van der Waals surface area contributed by atoms with E-state index < -0.39 is 5.82 Å². The Kier molecular flexibility index (Phi) is 2.87. The van der Waals surface area contributed by atoms with Crippen LogP contribution in [0.5, 0.6) is 0 Å². The molecule has 0 atom stereocenters. The minimum absolute atomic E-state index is 0.192. The standard InChI is InChI=1S/C7H5BrClFO/c8-7-4(3-11)6(10)2-1-5(7)9/h1-2,11H,3H2. The van der Waals surface area contributed by atoms with Crippen LogP contribution in [0, 0.1) is 5.82 Å². The van der Waals surface area contributed by atoms with Crippen molar-refractivity contribution in [3.8, 4) is 0 Å². The van der Waals surface area contributed by atoms with E-state index in [1.165, 1.54) is 12.1 Å². The summed E-state index contributed by atoms with van der Waals surface area (Å²) in [7, 11) is 0. The maximum atomic E-state index is 12.8. The third kappa shape index (κ3) is 1.72. The van der Waals surface area contributed by atoms with E-state index in [1.54, 1.807) is 0 Å². The minimum atomic E-state index is -0.455. The van der Waals surface area contributed by atoms with Crippen molar-refractivity contribution >= 4 is 27.5 Å². The third-order valence-corrected chi connectivity index (χ3v) is 2.75. The molecule has 4 heteroatoms. The Morgan fingerprint density at radius 2 is 2.18 bits per heavy atom. The Hall–Kier alpha value is -0.120. The predicted octanol–water partition coefficient (Wildman–Crippen LogP) is 2.73. The van der Waals surface area contributed by atoms with Gasteiger partial charge in [-0.3, -0.25) is 0 Å². The summed E-state index contributed by atoms with van der Waals surface area (Å²) in [6, 6.07) is 2.65. The molecule has 1 N–H and O–H groups in total. The van der Waals surface area contributed by atoms with Gasteiger partial charge in [-0.05, 0) is 28.1 Å². The molecule has 0 fully saturated rings. The van der Waals surface area contributed by atoms with Crippen LogP contribution in [-0.4, -0.2) is 5.11 Å². The third-order valence-electron chi connectivity index (χ3n) is 1.30. The lowest BCUT2D eigenvalue weighted by Crippen LogP contribution is -1.91. The molecule has 0 spiro atoms. The molecule has 0 bridgehead atoms. The van der Waals surface area contributed by atoms with Crippen LogP contribution in [-0.2, 0) is 6.61 Å². The second-order valence-corrected chi connectivity index (χ2v) is 3.18. The summed E-state index contributed by atoms with van der Waals surface area (Å²) < 4.78 is 13.2. The SMILES string of the molecule is OCc1c(F)ccc(Cl)c1Br. The molecule has 0 aliphatic carbocycles. The molecule has 1 rings (SSSR count). The van der Waals surface area contributed by atoms with Crippen molar-refractivity contribution in [1.29, 1.82) is 0 Å². The van der Waals surface area contributed by atoms with Crippen LogP contribution in [0.15, 0.2) is 16.6 Å². The highest BCUT2D eigenvalue weighted by molar-refractivity contribution is 9.10. The zero-order valence-corrected chi connectivity index (χ0v) is 7.78. The second kappa shape index (κ2) is 3.52. The monoisotopic (exact) mass is 238 g/mol. The molecule has 0 aliphatic heterocycles. The van der Waals surface area contributed by atoms with Crippen LogP contribution in [0.25, 0.3) is 0 Å². The first-order valence-corrected chi connectivity index (χ1v) is 4.07. The van der Waals surface area contributed by atoms with E-state index >= 15 is 0 Å². The number of aliphatic hydroxyl groups excluding tert-OH is 1. The molecule has 0 aliphatic rings. The topological polar surface area (TPSA) is 20.2 Å². The molecule has 60 valence electrons. The fourth-order valence-electron chi connectivity index (χ4n) is 0.714. The minimum Gasteiger partial charge on any atom is -0.392 e. The number of benzene rings is 1. The van der Waals surface area contributed by atoms with Crippen molar-refractivity contribution in [3.05, 3.63) is 33.0 Å². The zero-order valence-electron chi connectivity index (χ0n) is 5.44. The molecule has 0 unspecified atom stereocenters. The highest BCUT2D eigenvalue weighted by Gasteiger charge is 2.08. The predicted molar refractivity (Wildman–Crippen MR) is 45.0 cm³/mol. The van der Waals surface area contributed by atoms with E-state index in [0.29, 0.717) is 9.50 Å². The Bertz CT molecular complexity index is 277. The molecular weight excluding hydrogens is 234 g/mol. The molecule has 1 aromatic carbocycles. The highest BCUT2D eigenvalue weighted by atomic mass is 79.9. The van der Waals surface area contributed by atoms with Crippen molar-refractivity contribution in [1.82, 2.24) is 0 Å². The average molecular weight is 239 g/mol. The summed E-state index contributed by atoms with van der Waals surface area (Å²) in [4.78, 5) is 0. The molecule has 0 amide bonds. The van der Waals surface area contributed by atoms with Gasteiger partial charge in [-0.15, -0.1) is 0 Å². The van der Waals surface area contributed by atoms with Crippen molar-refractivity contribution in [2.24, 2.45) is 0 Å². The van der Waals surface area contributed by atoms with Crippen LogP contribution in [0.1, 0.15) is 5.56 Å². The van der Waals surface area contributed by atoms with Gasteiger partial charge < -0.3 is 5.11 Å². The first-order chi connectivity index (χ1) is 5.16. The molecule has 0 radical (unpaired) electrons. The fourth-order valence-corrected chi connectivity index (χ4v) is 1.34. The van der Waals surface area contributed by atoms with Gasteiger partial charge in [-0.1, -0.05) is 11.6 Å². The van der Waals surface area contributed by atoms with E-state index in [9.17, 15) is 4.39 Å². The molecule has 1 aromatic rings. The van der Waals surface area contributed by atoms with Gasteiger partial charge >= 0.3 is 0 Å². The van der Waals surface area contributed by atoms with Crippen LogP contribution >= 0.6 is 27.5 Å². The van der Waals surface area contributed by atoms with Gasteiger partial charge in [-0.2, -0.15) is 0 Å². The normalized spacial score (nSPS) is 10.2. The van der Waals surface area contributed by atoms with Crippen molar-refractivity contribution < 1.29 is 9.50 Å². The highest BCUT2D eigenvalue weighted by Crippen LogP contribution is 2.28. The first kappa shape index (κ1) is 8.97. The van der Waals surface area contributed by atoms with Crippen LogP contribution < -0.4 is 0 Å². The van der Waals surface area contributed by atoms with Gasteiger partial charge in [0.25, 0.3) is 0 Å². The van der Waals surface area contributed by atoms with E-state index in [4.69, 9.17) is 16.7 Å². The number of rotatable bonds is 1. The summed E-state index contributed by atoms with van der Waals surface area (Å²) >= 11 is 8.70. The summed E-state index contributed by atoms with van der Waals surface area (Å²) in [5.41, 5.74) is 0.192. The Morgan fingerprint density at radius 1 is 1.55 bits per heavy atom. The van der Waals surface area contributed by atoms with Crippen molar-refractivity contribution in [3.63, 3.8) is 0 Å². The lowest BCUT2D eigenvalue weighted by atomic mass is 10.2. The van der Waals surface area contributed by atoms with Crippen molar-refractivity contribution in [2.45, 2.75) is 6.61 Å².